The molecule has 1 aliphatic rings. The van der Waals surface area contributed by atoms with Crippen molar-refractivity contribution in [1.82, 2.24) is 9.97 Å². The highest BCUT2D eigenvalue weighted by Crippen LogP contribution is 2.23. The van der Waals surface area contributed by atoms with Crippen LogP contribution in [0.4, 0.5) is 5.82 Å². The molecule has 1 aromatic heterocycles. The second-order valence-electron chi connectivity index (χ2n) is 4.69. The Morgan fingerprint density at radius 1 is 1.39 bits per heavy atom. The Labute approximate surface area is 108 Å². The van der Waals surface area contributed by atoms with Gasteiger partial charge < -0.3 is 15.4 Å². The van der Waals surface area contributed by atoms with Crippen LogP contribution in [0.25, 0.3) is 0 Å². The first-order chi connectivity index (χ1) is 8.65. The molecule has 18 heavy (non-hydrogen) atoms. The molecule has 0 amide bonds. The molecule has 2 heterocycles. The van der Waals surface area contributed by atoms with Crippen LogP contribution < -0.4 is 10.6 Å². The molecule has 0 saturated carbocycles. The first kappa shape index (κ1) is 13.2. The molecular weight excluding hydrogens is 228 g/mol. The van der Waals surface area contributed by atoms with E-state index in [-0.39, 0.29) is 6.10 Å². The maximum Gasteiger partial charge on any atom is 0.135 e. The van der Waals surface area contributed by atoms with Gasteiger partial charge in [-0.2, -0.15) is 0 Å². The molecule has 0 radical (unpaired) electrons. The third kappa shape index (κ3) is 2.62. The van der Waals surface area contributed by atoms with E-state index < -0.39 is 0 Å². The Hall–Kier alpha value is -1.20. The third-order valence-electron chi connectivity index (χ3n) is 3.36. The highest BCUT2D eigenvalue weighted by atomic mass is 16.5. The van der Waals surface area contributed by atoms with Gasteiger partial charge in [0.2, 0.25) is 0 Å². The number of hydrogen-bond acceptors (Lipinski definition) is 5. The van der Waals surface area contributed by atoms with Crippen LogP contribution in [0, 0.1) is 13.8 Å². The van der Waals surface area contributed by atoms with Crippen LogP contribution in [0.1, 0.15) is 24.0 Å². The van der Waals surface area contributed by atoms with Crippen molar-refractivity contribution in [2.75, 3.05) is 31.1 Å². The lowest BCUT2D eigenvalue weighted by atomic mass is 10.1. The van der Waals surface area contributed by atoms with E-state index in [1.165, 1.54) is 5.56 Å². The Bertz CT molecular complexity index is 422. The Morgan fingerprint density at radius 3 is 2.83 bits per heavy atom. The SMILES string of the molecule is CCc1c(C)nc(C)nc1N1CCOC(CN)C1. The molecule has 1 fully saturated rings. The standard InChI is InChI=1S/C13H22N4O/c1-4-12-9(2)15-10(3)16-13(12)17-5-6-18-11(7-14)8-17/h11H,4-8,14H2,1-3H3. The van der Waals surface area contributed by atoms with Crippen LogP contribution in [0.3, 0.4) is 0 Å². The van der Waals surface area contributed by atoms with Gasteiger partial charge in [0.05, 0.1) is 12.7 Å². The van der Waals surface area contributed by atoms with E-state index in [9.17, 15) is 0 Å². The van der Waals surface area contributed by atoms with Crippen molar-refractivity contribution >= 4 is 5.82 Å². The number of anilines is 1. The number of ether oxygens (including phenoxy) is 1. The fraction of sp³-hybridized carbons (Fsp3) is 0.692. The molecule has 1 unspecified atom stereocenters. The molecule has 5 nitrogen and oxygen atoms in total. The zero-order valence-electron chi connectivity index (χ0n) is 11.4. The first-order valence-electron chi connectivity index (χ1n) is 6.56. The molecule has 1 aromatic rings. The highest BCUT2D eigenvalue weighted by Gasteiger charge is 2.23. The minimum Gasteiger partial charge on any atom is -0.373 e. The summed E-state index contributed by atoms with van der Waals surface area (Å²) in [6.07, 6.45) is 1.06. The molecule has 1 saturated heterocycles. The van der Waals surface area contributed by atoms with Crippen molar-refractivity contribution < 1.29 is 4.74 Å². The molecule has 0 spiro atoms. The lowest BCUT2D eigenvalue weighted by Crippen LogP contribution is -2.46. The zero-order chi connectivity index (χ0) is 13.1. The fourth-order valence-electron chi connectivity index (χ4n) is 2.45. The van der Waals surface area contributed by atoms with Gasteiger partial charge in [-0.25, -0.2) is 9.97 Å². The minimum atomic E-state index is 0.110. The van der Waals surface area contributed by atoms with Gasteiger partial charge >= 0.3 is 0 Å². The maximum atomic E-state index is 5.69. The molecule has 1 atom stereocenters. The van der Waals surface area contributed by atoms with Gasteiger partial charge in [0.15, 0.2) is 0 Å². The fourth-order valence-corrected chi connectivity index (χ4v) is 2.45. The Morgan fingerprint density at radius 2 is 2.17 bits per heavy atom. The van der Waals surface area contributed by atoms with E-state index in [2.05, 4.69) is 28.7 Å². The number of rotatable bonds is 3. The van der Waals surface area contributed by atoms with Crippen LogP contribution in [-0.4, -0.2) is 42.3 Å². The summed E-state index contributed by atoms with van der Waals surface area (Å²) in [6.45, 7) is 9.10. The van der Waals surface area contributed by atoms with Crippen molar-refractivity contribution in [3.63, 3.8) is 0 Å². The predicted octanol–water partition coefficient (Wildman–Crippen LogP) is 0.820. The van der Waals surface area contributed by atoms with E-state index in [4.69, 9.17) is 10.5 Å². The van der Waals surface area contributed by atoms with Crippen molar-refractivity contribution in [3.8, 4) is 0 Å². The van der Waals surface area contributed by atoms with Crippen molar-refractivity contribution in [1.29, 1.82) is 0 Å². The average Bonchev–Trinajstić information content (AvgIpc) is 2.38. The summed E-state index contributed by atoms with van der Waals surface area (Å²) in [6, 6.07) is 0. The summed E-state index contributed by atoms with van der Waals surface area (Å²) in [5, 5.41) is 0. The highest BCUT2D eigenvalue weighted by molar-refractivity contribution is 5.49. The summed E-state index contributed by atoms with van der Waals surface area (Å²) in [5.41, 5.74) is 8.00. The van der Waals surface area contributed by atoms with Gasteiger partial charge in [-0.3, -0.25) is 0 Å². The van der Waals surface area contributed by atoms with Crippen LogP contribution in [0.5, 0.6) is 0 Å². The molecule has 5 heteroatoms. The van der Waals surface area contributed by atoms with Crippen molar-refractivity contribution in [3.05, 3.63) is 17.1 Å². The van der Waals surface area contributed by atoms with E-state index >= 15 is 0 Å². The second kappa shape index (κ2) is 5.63. The zero-order valence-corrected chi connectivity index (χ0v) is 11.4. The van der Waals surface area contributed by atoms with Crippen LogP contribution >= 0.6 is 0 Å². The lowest BCUT2D eigenvalue weighted by Gasteiger charge is -2.34. The molecular formula is C13H22N4O. The monoisotopic (exact) mass is 250 g/mol. The smallest absolute Gasteiger partial charge is 0.135 e. The summed E-state index contributed by atoms with van der Waals surface area (Å²) in [4.78, 5) is 11.3. The first-order valence-corrected chi connectivity index (χ1v) is 6.56. The van der Waals surface area contributed by atoms with Gasteiger partial charge in [-0.15, -0.1) is 0 Å². The molecule has 2 N–H and O–H groups in total. The predicted molar refractivity (Wildman–Crippen MR) is 71.9 cm³/mol. The van der Waals surface area contributed by atoms with Gasteiger partial charge in [0.1, 0.15) is 11.6 Å². The number of aromatic nitrogens is 2. The molecule has 1 aliphatic heterocycles. The number of morpholine rings is 1. The second-order valence-corrected chi connectivity index (χ2v) is 4.69. The Kier molecular flexibility index (Phi) is 4.14. The Balaban J connectivity index is 2.31. The number of nitrogens with two attached hydrogens (primary N) is 1. The van der Waals surface area contributed by atoms with E-state index in [0.717, 1.165) is 36.8 Å². The molecule has 100 valence electrons. The van der Waals surface area contributed by atoms with Gasteiger partial charge in [0.25, 0.3) is 0 Å². The summed E-state index contributed by atoms with van der Waals surface area (Å²) >= 11 is 0. The van der Waals surface area contributed by atoms with E-state index in [0.29, 0.717) is 13.2 Å². The van der Waals surface area contributed by atoms with Crippen molar-refractivity contribution in [2.24, 2.45) is 5.73 Å². The molecule has 0 bridgehead atoms. The van der Waals surface area contributed by atoms with Crippen LogP contribution in [0.2, 0.25) is 0 Å². The van der Waals surface area contributed by atoms with Gasteiger partial charge in [-0.05, 0) is 20.3 Å². The number of nitrogens with zero attached hydrogens (tertiary/aromatic N) is 3. The van der Waals surface area contributed by atoms with Gasteiger partial charge in [0, 0.05) is 30.9 Å². The van der Waals surface area contributed by atoms with Crippen LogP contribution in [0.15, 0.2) is 0 Å². The third-order valence-corrected chi connectivity index (χ3v) is 3.36. The van der Waals surface area contributed by atoms with E-state index in [1.807, 2.05) is 6.92 Å². The summed E-state index contributed by atoms with van der Waals surface area (Å²) in [7, 11) is 0. The summed E-state index contributed by atoms with van der Waals surface area (Å²) in [5.74, 6) is 1.89. The minimum absolute atomic E-state index is 0.110. The van der Waals surface area contributed by atoms with Crippen LogP contribution in [-0.2, 0) is 11.2 Å². The lowest BCUT2D eigenvalue weighted by molar-refractivity contribution is 0.0462. The normalized spacial score (nSPS) is 20.2. The molecule has 2 rings (SSSR count). The average molecular weight is 250 g/mol. The molecule has 0 aliphatic carbocycles. The quantitative estimate of drug-likeness (QED) is 0.860. The largest absolute Gasteiger partial charge is 0.373 e. The van der Waals surface area contributed by atoms with Crippen molar-refractivity contribution in [2.45, 2.75) is 33.3 Å². The topological polar surface area (TPSA) is 64.3 Å². The molecule has 0 aromatic carbocycles. The maximum absolute atomic E-state index is 5.69. The van der Waals surface area contributed by atoms with Gasteiger partial charge in [-0.1, -0.05) is 6.92 Å². The number of aryl methyl sites for hydroxylation is 2. The summed E-state index contributed by atoms with van der Waals surface area (Å²) < 4.78 is 5.60. The van der Waals surface area contributed by atoms with E-state index in [1.54, 1.807) is 0 Å². The number of hydrogen-bond donors (Lipinski definition) is 1.